The number of ether oxygens (including phenoxy) is 1. The van der Waals surface area contributed by atoms with Gasteiger partial charge >= 0.3 is 11.9 Å². The summed E-state index contributed by atoms with van der Waals surface area (Å²) >= 11 is 1.47. The molecular formula is C22H20N2O4S. The summed E-state index contributed by atoms with van der Waals surface area (Å²) in [5.74, 6) is -0.839. The highest BCUT2D eigenvalue weighted by molar-refractivity contribution is 7.17. The smallest absolute Gasteiger partial charge is 0.365 e. The number of oxime groups is 1. The molecule has 0 saturated carbocycles. The molecule has 7 heteroatoms. The lowest BCUT2D eigenvalue weighted by molar-refractivity contribution is 0.0508. The van der Waals surface area contributed by atoms with Crippen molar-refractivity contribution in [3.8, 4) is 5.00 Å². The van der Waals surface area contributed by atoms with Crippen LogP contribution in [-0.2, 0) is 16.0 Å². The number of aromatic nitrogens is 1. The number of esters is 1. The summed E-state index contributed by atoms with van der Waals surface area (Å²) in [4.78, 5) is 31.0. The van der Waals surface area contributed by atoms with Crippen LogP contribution in [0.3, 0.4) is 0 Å². The molecule has 0 atom stereocenters. The Hall–Kier alpha value is -3.19. The molecule has 1 aliphatic carbocycles. The first-order chi connectivity index (χ1) is 14.2. The number of carbonyl (C=O) groups is 2. The molecule has 0 saturated heterocycles. The molecule has 0 amide bonds. The van der Waals surface area contributed by atoms with E-state index in [1.165, 1.54) is 11.3 Å². The second-order valence-electron chi connectivity index (χ2n) is 6.54. The molecule has 0 fully saturated rings. The molecule has 0 bridgehead atoms. The standard InChI is InChI=1S/C22H20N2O4S/c1-2-27-22(26)18-16-11-8-12-17(19(16)29-20(18)24-13-6-7-14-24)23-28-21(25)15-9-4-3-5-10-15/h3-7,9-10,13-14H,2,8,11-12H2,1H3/b23-17-. The van der Waals surface area contributed by atoms with Gasteiger partial charge < -0.3 is 14.1 Å². The minimum absolute atomic E-state index is 0.310. The maximum atomic E-state index is 12.7. The molecule has 1 aromatic carbocycles. The number of thiophene rings is 1. The number of nitrogens with zero attached hydrogens (tertiary/aromatic N) is 2. The van der Waals surface area contributed by atoms with Gasteiger partial charge in [0.05, 0.1) is 28.3 Å². The Morgan fingerprint density at radius 3 is 2.55 bits per heavy atom. The third kappa shape index (κ3) is 3.86. The molecule has 0 N–H and O–H groups in total. The lowest BCUT2D eigenvalue weighted by Crippen LogP contribution is -2.15. The van der Waals surface area contributed by atoms with Gasteiger partial charge in [0, 0.05) is 12.4 Å². The topological polar surface area (TPSA) is 69.9 Å². The molecule has 3 aromatic rings. The Balaban J connectivity index is 1.71. The van der Waals surface area contributed by atoms with Crippen molar-refractivity contribution < 1.29 is 19.2 Å². The van der Waals surface area contributed by atoms with Gasteiger partial charge in [-0.2, -0.15) is 0 Å². The molecular weight excluding hydrogens is 388 g/mol. The molecule has 0 aliphatic heterocycles. The van der Waals surface area contributed by atoms with Crippen molar-refractivity contribution in [2.24, 2.45) is 5.16 Å². The SMILES string of the molecule is CCOC(=O)c1c(-n2cccc2)sc2c1CCC/C2=N/OC(=O)c1ccccc1. The third-order valence-corrected chi connectivity index (χ3v) is 5.95. The molecule has 148 valence electrons. The summed E-state index contributed by atoms with van der Waals surface area (Å²) < 4.78 is 7.22. The number of carbonyl (C=O) groups excluding carboxylic acids is 2. The predicted molar refractivity (Wildman–Crippen MR) is 111 cm³/mol. The minimum atomic E-state index is -0.502. The summed E-state index contributed by atoms with van der Waals surface area (Å²) in [6.07, 6.45) is 6.05. The van der Waals surface area contributed by atoms with E-state index in [-0.39, 0.29) is 5.97 Å². The molecule has 2 heterocycles. The second-order valence-corrected chi connectivity index (χ2v) is 7.54. The van der Waals surface area contributed by atoms with Gasteiger partial charge in [-0.05, 0) is 56.0 Å². The molecule has 0 unspecified atom stereocenters. The van der Waals surface area contributed by atoms with E-state index in [9.17, 15) is 9.59 Å². The summed E-state index contributed by atoms with van der Waals surface area (Å²) in [6.45, 7) is 2.10. The maximum absolute atomic E-state index is 12.7. The van der Waals surface area contributed by atoms with Crippen LogP contribution in [0.2, 0.25) is 0 Å². The molecule has 2 aromatic heterocycles. The normalized spacial score (nSPS) is 14.4. The summed E-state index contributed by atoms with van der Waals surface area (Å²) in [7, 11) is 0. The number of fused-ring (bicyclic) bond motifs is 1. The van der Waals surface area contributed by atoms with Crippen molar-refractivity contribution >= 4 is 29.0 Å². The molecule has 0 radical (unpaired) electrons. The molecule has 4 rings (SSSR count). The fraction of sp³-hybridized carbons (Fsp3) is 0.227. The van der Waals surface area contributed by atoms with Crippen LogP contribution in [0.5, 0.6) is 0 Å². The van der Waals surface area contributed by atoms with E-state index in [1.807, 2.05) is 35.2 Å². The first kappa shape index (κ1) is 19.1. The number of hydrogen-bond donors (Lipinski definition) is 0. The van der Waals surface area contributed by atoms with Gasteiger partial charge in [-0.15, -0.1) is 11.3 Å². The Kier molecular flexibility index (Phi) is 5.57. The van der Waals surface area contributed by atoms with Crippen LogP contribution < -0.4 is 0 Å². The fourth-order valence-corrected chi connectivity index (χ4v) is 4.66. The van der Waals surface area contributed by atoms with Gasteiger partial charge in [0.1, 0.15) is 5.00 Å². The van der Waals surface area contributed by atoms with Gasteiger partial charge in [0.2, 0.25) is 0 Å². The summed E-state index contributed by atoms with van der Waals surface area (Å²) in [5, 5.41) is 4.95. The van der Waals surface area contributed by atoms with Gasteiger partial charge in [-0.3, -0.25) is 0 Å². The van der Waals surface area contributed by atoms with Crippen molar-refractivity contribution in [2.75, 3.05) is 6.61 Å². The minimum Gasteiger partial charge on any atom is -0.462 e. The van der Waals surface area contributed by atoms with Crippen LogP contribution in [0.15, 0.2) is 60.0 Å². The predicted octanol–water partition coefficient (Wildman–Crippen LogP) is 4.61. The van der Waals surface area contributed by atoms with Crippen LogP contribution >= 0.6 is 11.3 Å². The molecule has 6 nitrogen and oxygen atoms in total. The highest BCUT2D eigenvalue weighted by atomic mass is 32.1. The van der Waals surface area contributed by atoms with Crippen molar-refractivity contribution in [2.45, 2.75) is 26.2 Å². The van der Waals surface area contributed by atoms with Crippen molar-refractivity contribution in [3.05, 3.63) is 76.4 Å². The Morgan fingerprint density at radius 2 is 1.83 bits per heavy atom. The Morgan fingerprint density at radius 1 is 1.07 bits per heavy atom. The number of benzene rings is 1. The van der Waals surface area contributed by atoms with Crippen LogP contribution in [-0.4, -0.2) is 28.8 Å². The third-order valence-electron chi connectivity index (χ3n) is 4.66. The lowest BCUT2D eigenvalue weighted by Gasteiger charge is -2.14. The van der Waals surface area contributed by atoms with E-state index in [0.717, 1.165) is 28.3 Å². The van der Waals surface area contributed by atoms with Crippen LogP contribution in [0.25, 0.3) is 5.00 Å². The van der Waals surface area contributed by atoms with E-state index in [4.69, 9.17) is 9.57 Å². The number of rotatable bonds is 5. The zero-order valence-corrected chi connectivity index (χ0v) is 16.8. The van der Waals surface area contributed by atoms with E-state index < -0.39 is 5.97 Å². The molecule has 0 spiro atoms. The molecule has 1 aliphatic rings. The summed E-state index contributed by atoms with van der Waals surface area (Å²) in [5.41, 5.74) is 2.62. The van der Waals surface area contributed by atoms with E-state index in [1.54, 1.807) is 31.2 Å². The monoisotopic (exact) mass is 408 g/mol. The van der Waals surface area contributed by atoms with Crippen molar-refractivity contribution in [1.82, 2.24) is 4.57 Å². The second kappa shape index (κ2) is 8.45. The number of hydrogen-bond acceptors (Lipinski definition) is 6. The average Bonchev–Trinajstić information content (AvgIpc) is 3.40. The highest BCUT2D eigenvalue weighted by Gasteiger charge is 2.30. The average molecular weight is 408 g/mol. The Labute approximate surface area is 172 Å². The van der Waals surface area contributed by atoms with Crippen LogP contribution in [0.1, 0.15) is 50.9 Å². The van der Waals surface area contributed by atoms with Gasteiger partial charge in [0.15, 0.2) is 0 Å². The Bertz CT molecular complexity index is 1050. The summed E-state index contributed by atoms with van der Waals surface area (Å²) in [6, 6.07) is 12.6. The van der Waals surface area contributed by atoms with E-state index in [0.29, 0.717) is 29.9 Å². The fourth-order valence-electron chi connectivity index (χ4n) is 3.35. The van der Waals surface area contributed by atoms with E-state index >= 15 is 0 Å². The van der Waals surface area contributed by atoms with Gasteiger partial charge in [-0.25, -0.2) is 9.59 Å². The first-order valence-electron chi connectivity index (χ1n) is 9.48. The lowest BCUT2D eigenvalue weighted by atomic mass is 9.94. The maximum Gasteiger partial charge on any atom is 0.365 e. The largest absolute Gasteiger partial charge is 0.462 e. The zero-order valence-electron chi connectivity index (χ0n) is 16.0. The van der Waals surface area contributed by atoms with Gasteiger partial charge in [-0.1, -0.05) is 23.4 Å². The van der Waals surface area contributed by atoms with Gasteiger partial charge in [0.25, 0.3) is 0 Å². The van der Waals surface area contributed by atoms with Crippen molar-refractivity contribution in [3.63, 3.8) is 0 Å². The first-order valence-corrected chi connectivity index (χ1v) is 10.3. The van der Waals surface area contributed by atoms with Crippen molar-refractivity contribution in [1.29, 1.82) is 0 Å². The van der Waals surface area contributed by atoms with Crippen LogP contribution in [0, 0.1) is 0 Å². The quantitative estimate of drug-likeness (QED) is 0.351. The van der Waals surface area contributed by atoms with Crippen LogP contribution in [0.4, 0.5) is 0 Å². The highest BCUT2D eigenvalue weighted by Crippen LogP contribution is 2.37. The van der Waals surface area contributed by atoms with E-state index in [2.05, 4.69) is 5.16 Å². The zero-order chi connectivity index (χ0) is 20.2. The molecule has 29 heavy (non-hydrogen) atoms.